The monoisotopic (exact) mass is 287 g/mol. The van der Waals surface area contributed by atoms with E-state index < -0.39 is 0 Å². The Labute approximate surface area is 104 Å². The molecule has 1 aliphatic heterocycles. The van der Waals surface area contributed by atoms with Crippen molar-refractivity contribution in [2.24, 2.45) is 5.92 Å². The molecule has 0 saturated carbocycles. The van der Waals surface area contributed by atoms with Gasteiger partial charge in [-0.05, 0) is 65.0 Å². The molecule has 1 fully saturated rings. The van der Waals surface area contributed by atoms with Crippen LogP contribution in [0, 0.1) is 5.92 Å². The van der Waals surface area contributed by atoms with Crippen LogP contribution in [0.4, 0.5) is 0 Å². The molecule has 1 nitrogen and oxygen atoms in total. The zero-order chi connectivity index (χ0) is 10.8. The molecule has 15 heavy (non-hydrogen) atoms. The van der Waals surface area contributed by atoms with Gasteiger partial charge in [0.2, 0.25) is 0 Å². The van der Waals surface area contributed by atoms with Crippen LogP contribution < -0.4 is 5.32 Å². The van der Waals surface area contributed by atoms with Crippen molar-refractivity contribution < 1.29 is 0 Å². The van der Waals surface area contributed by atoms with E-state index in [0.717, 1.165) is 22.6 Å². The van der Waals surface area contributed by atoms with E-state index in [-0.39, 0.29) is 0 Å². The van der Waals surface area contributed by atoms with Crippen LogP contribution in [0.3, 0.4) is 0 Å². The lowest BCUT2D eigenvalue weighted by Gasteiger charge is -2.30. The summed E-state index contributed by atoms with van der Waals surface area (Å²) < 4.78 is 0.981. The highest BCUT2D eigenvalue weighted by molar-refractivity contribution is 9.10. The van der Waals surface area contributed by atoms with Crippen LogP contribution in [-0.4, -0.2) is 13.1 Å². The molecular formula is C12H15BrClN. The highest BCUT2D eigenvalue weighted by Crippen LogP contribution is 2.33. The molecule has 1 N–H and O–H groups in total. The van der Waals surface area contributed by atoms with E-state index in [0.29, 0.717) is 11.8 Å². The first-order valence-corrected chi connectivity index (χ1v) is 6.51. The number of nitrogens with one attached hydrogen (secondary N) is 1. The summed E-state index contributed by atoms with van der Waals surface area (Å²) in [4.78, 5) is 0. The zero-order valence-corrected chi connectivity index (χ0v) is 11.1. The first kappa shape index (κ1) is 11.4. The molecule has 1 heterocycles. The summed E-state index contributed by atoms with van der Waals surface area (Å²) in [6.07, 6.45) is 1.21. The minimum absolute atomic E-state index is 0.650. The third-order valence-electron chi connectivity index (χ3n) is 3.16. The number of benzene rings is 1. The normalized spacial score (nSPS) is 26.6. The Hall–Kier alpha value is -0.0500. The largest absolute Gasteiger partial charge is 0.316 e. The van der Waals surface area contributed by atoms with Gasteiger partial charge in [-0.15, -0.1) is 0 Å². The Morgan fingerprint density at radius 3 is 2.93 bits per heavy atom. The molecule has 1 aliphatic rings. The molecule has 82 valence electrons. The molecule has 1 aromatic rings. The van der Waals surface area contributed by atoms with Crippen LogP contribution >= 0.6 is 27.5 Å². The van der Waals surface area contributed by atoms with Crippen molar-refractivity contribution >= 4 is 27.5 Å². The maximum Gasteiger partial charge on any atom is 0.0550 e. The number of halogens is 2. The molecule has 3 heteroatoms. The van der Waals surface area contributed by atoms with Gasteiger partial charge in [0.1, 0.15) is 0 Å². The summed E-state index contributed by atoms with van der Waals surface area (Å²) >= 11 is 9.54. The molecule has 0 bridgehead atoms. The SMILES string of the molecule is CC1CNCCC1c1ccc(Br)c(Cl)c1. The fraction of sp³-hybridized carbons (Fsp3) is 0.500. The molecule has 2 rings (SSSR count). The Balaban J connectivity index is 2.24. The minimum Gasteiger partial charge on any atom is -0.316 e. The van der Waals surface area contributed by atoms with Gasteiger partial charge in [0.05, 0.1) is 5.02 Å². The fourth-order valence-corrected chi connectivity index (χ4v) is 2.69. The molecule has 0 spiro atoms. The highest BCUT2D eigenvalue weighted by atomic mass is 79.9. The quantitative estimate of drug-likeness (QED) is 0.828. The lowest BCUT2D eigenvalue weighted by Crippen LogP contribution is -2.33. The van der Waals surface area contributed by atoms with Crippen LogP contribution in [-0.2, 0) is 0 Å². The topological polar surface area (TPSA) is 12.0 Å². The molecule has 0 radical (unpaired) electrons. The molecule has 0 aromatic heterocycles. The fourth-order valence-electron chi connectivity index (χ4n) is 2.25. The van der Waals surface area contributed by atoms with Gasteiger partial charge >= 0.3 is 0 Å². The lowest BCUT2D eigenvalue weighted by molar-refractivity contribution is 0.349. The second kappa shape index (κ2) is 4.86. The smallest absolute Gasteiger partial charge is 0.0550 e. The van der Waals surface area contributed by atoms with Crippen molar-refractivity contribution in [3.8, 4) is 0 Å². The Morgan fingerprint density at radius 1 is 1.47 bits per heavy atom. The zero-order valence-electron chi connectivity index (χ0n) is 8.76. The average Bonchev–Trinajstić information content (AvgIpc) is 2.23. The Kier molecular flexibility index (Phi) is 3.70. The van der Waals surface area contributed by atoms with Gasteiger partial charge in [-0.3, -0.25) is 0 Å². The molecule has 1 saturated heterocycles. The standard InChI is InChI=1S/C12H15BrClN/c1-8-7-15-5-4-10(8)9-2-3-11(13)12(14)6-9/h2-3,6,8,10,15H,4-5,7H2,1H3. The molecule has 2 unspecified atom stereocenters. The number of rotatable bonds is 1. The van der Waals surface area contributed by atoms with Crippen molar-refractivity contribution in [1.82, 2.24) is 5.32 Å². The first-order valence-electron chi connectivity index (χ1n) is 5.34. The Bertz CT molecular complexity index is 353. The number of hydrogen-bond donors (Lipinski definition) is 1. The minimum atomic E-state index is 0.650. The maximum absolute atomic E-state index is 6.12. The van der Waals surface area contributed by atoms with E-state index in [4.69, 9.17) is 11.6 Å². The van der Waals surface area contributed by atoms with Crippen molar-refractivity contribution in [2.75, 3.05) is 13.1 Å². The van der Waals surface area contributed by atoms with Crippen molar-refractivity contribution in [2.45, 2.75) is 19.3 Å². The number of piperidine rings is 1. The summed E-state index contributed by atoms with van der Waals surface area (Å²) in [7, 11) is 0. The predicted molar refractivity (Wildman–Crippen MR) is 68.5 cm³/mol. The van der Waals surface area contributed by atoms with Crippen LogP contribution in [0.1, 0.15) is 24.8 Å². The summed E-state index contributed by atoms with van der Waals surface area (Å²) in [6, 6.07) is 6.33. The number of hydrogen-bond acceptors (Lipinski definition) is 1. The van der Waals surface area contributed by atoms with Crippen molar-refractivity contribution in [3.63, 3.8) is 0 Å². The Morgan fingerprint density at radius 2 is 2.27 bits per heavy atom. The van der Waals surface area contributed by atoms with Crippen LogP contribution in [0.2, 0.25) is 5.02 Å². The molecular weight excluding hydrogens is 273 g/mol. The third kappa shape index (κ3) is 2.55. The van der Waals surface area contributed by atoms with Crippen molar-refractivity contribution in [3.05, 3.63) is 33.3 Å². The first-order chi connectivity index (χ1) is 7.18. The molecule has 0 amide bonds. The van der Waals surface area contributed by atoms with Crippen LogP contribution in [0.25, 0.3) is 0 Å². The van der Waals surface area contributed by atoms with E-state index in [9.17, 15) is 0 Å². The third-order valence-corrected chi connectivity index (χ3v) is 4.39. The average molecular weight is 289 g/mol. The summed E-state index contributed by atoms with van der Waals surface area (Å²) in [5, 5.41) is 4.24. The molecule has 2 atom stereocenters. The van der Waals surface area contributed by atoms with E-state index in [2.05, 4.69) is 40.3 Å². The van der Waals surface area contributed by atoms with E-state index >= 15 is 0 Å². The van der Waals surface area contributed by atoms with Crippen LogP contribution in [0.15, 0.2) is 22.7 Å². The van der Waals surface area contributed by atoms with E-state index in [1.54, 1.807) is 0 Å². The van der Waals surface area contributed by atoms with Gasteiger partial charge in [-0.1, -0.05) is 24.6 Å². The van der Waals surface area contributed by atoms with Crippen LogP contribution in [0.5, 0.6) is 0 Å². The van der Waals surface area contributed by atoms with Gasteiger partial charge in [-0.2, -0.15) is 0 Å². The van der Waals surface area contributed by atoms with Gasteiger partial charge in [-0.25, -0.2) is 0 Å². The van der Waals surface area contributed by atoms with Gasteiger partial charge in [0.25, 0.3) is 0 Å². The van der Waals surface area contributed by atoms with E-state index in [1.165, 1.54) is 12.0 Å². The highest BCUT2D eigenvalue weighted by Gasteiger charge is 2.22. The van der Waals surface area contributed by atoms with Gasteiger partial charge in [0.15, 0.2) is 0 Å². The molecule has 0 aliphatic carbocycles. The molecule has 1 aromatic carbocycles. The lowest BCUT2D eigenvalue weighted by atomic mass is 9.82. The second-order valence-corrected chi connectivity index (χ2v) is 5.51. The second-order valence-electron chi connectivity index (χ2n) is 4.25. The van der Waals surface area contributed by atoms with E-state index in [1.807, 2.05) is 6.07 Å². The predicted octanol–water partition coefficient (Wildman–Crippen LogP) is 3.82. The van der Waals surface area contributed by atoms with Crippen molar-refractivity contribution in [1.29, 1.82) is 0 Å². The van der Waals surface area contributed by atoms with Gasteiger partial charge in [0, 0.05) is 4.47 Å². The summed E-state index contributed by atoms with van der Waals surface area (Å²) in [5.74, 6) is 1.34. The maximum atomic E-state index is 6.12. The summed E-state index contributed by atoms with van der Waals surface area (Å²) in [5.41, 5.74) is 1.37. The summed E-state index contributed by atoms with van der Waals surface area (Å²) in [6.45, 7) is 4.52. The van der Waals surface area contributed by atoms with Gasteiger partial charge < -0.3 is 5.32 Å².